The van der Waals surface area contributed by atoms with Crippen LogP contribution in [-0.4, -0.2) is 29.3 Å². The molecular formula is C13H15NO4. The lowest BCUT2D eigenvalue weighted by Gasteiger charge is -2.04. The van der Waals surface area contributed by atoms with Crippen LogP contribution in [0.1, 0.15) is 18.1 Å². The van der Waals surface area contributed by atoms with Crippen LogP contribution in [-0.2, 0) is 27.2 Å². The van der Waals surface area contributed by atoms with Crippen LogP contribution in [0, 0.1) is 0 Å². The molecule has 5 nitrogen and oxygen atoms in total. The lowest BCUT2D eigenvalue weighted by molar-refractivity contribution is -0.137. The zero-order valence-corrected chi connectivity index (χ0v) is 10.1. The average molecular weight is 249 g/mol. The molecule has 0 aliphatic carbocycles. The standard InChI is InChI=1S/C13H15NO4/c1-9(15)6-10-2-4-11(5-3-10)7-12(16)14-8-13(17)18/h2-5H,6-8H2,1H3,(H,14,16)(H,17,18). The molecule has 0 fully saturated rings. The Balaban J connectivity index is 2.50. The minimum atomic E-state index is -1.07. The maximum absolute atomic E-state index is 11.4. The number of rotatable bonds is 6. The average Bonchev–Trinajstić information content (AvgIpc) is 2.28. The zero-order chi connectivity index (χ0) is 13.5. The van der Waals surface area contributed by atoms with Crippen molar-refractivity contribution in [2.24, 2.45) is 0 Å². The summed E-state index contributed by atoms with van der Waals surface area (Å²) in [5, 5.41) is 10.7. The topological polar surface area (TPSA) is 83.5 Å². The Bertz CT molecular complexity index is 451. The number of aliphatic carboxylic acids is 1. The highest BCUT2D eigenvalue weighted by Gasteiger charge is 2.05. The molecule has 0 saturated carbocycles. The van der Waals surface area contributed by atoms with E-state index in [-0.39, 0.29) is 24.7 Å². The van der Waals surface area contributed by atoms with E-state index in [0.717, 1.165) is 11.1 Å². The highest BCUT2D eigenvalue weighted by Crippen LogP contribution is 2.06. The van der Waals surface area contributed by atoms with Crippen LogP contribution in [0.5, 0.6) is 0 Å². The van der Waals surface area contributed by atoms with Crippen LogP contribution in [0.15, 0.2) is 24.3 Å². The van der Waals surface area contributed by atoms with Gasteiger partial charge < -0.3 is 10.4 Å². The number of carboxylic acids is 1. The van der Waals surface area contributed by atoms with Crippen LogP contribution in [0.2, 0.25) is 0 Å². The molecule has 1 aromatic carbocycles. The number of hydrogen-bond donors (Lipinski definition) is 2. The van der Waals surface area contributed by atoms with E-state index in [9.17, 15) is 14.4 Å². The lowest BCUT2D eigenvalue weighted by Crippen LogP contribution is -2.30. The van der Waals surface area contributed by atoms with Gasteiger partial charge in [-0.05, 0) is 18.1 Å². The third kappa shape index (κ3) is 5.25. The Kier molecular flexibility index (Phi) is 5.05. The van der Waals surface area contributed by atoms with Gasteiger partial charge in [0.05, 0.1) is 6.42 Å². The van der Waals surface area contributed by atoms with Crippen molar-refractivity contribution in [3.63, 3.8) is 0 Å². The molecule has 0 atom stereocenters. The maximum atomic E-state index is 11.4. The van der Waals surface area contributed by atoms with Crippen LogP contribution in [0.3, 0.4) is 0 Å². The Morgan fingerprint density at radius 2 is 1.56 bits per heavy atom. The molecule has 0 saturated heterocycles. The molecule has 1 aromatic rings. The quantitative estimate of drug-likeness (QED) is 0.771. The fourth-order valence-electron chi connectivity index (χ4n) is 1.48. The van der Waals surface area contributed by atoms with Crippen molar-refractivity contribution in [3.05, 3.63) is 35.4 Å². The van der Waals surface area contributed by atoms with E-state index in [4.69, 9.17) is 5.11 Å². The summed E-state index contributed by atoms with van der Waals surface area (Å²) in [4.78, 5) is 32.5. The second kappa shape index (κ2) is 6.54. The second-order valence-corrected chi connectivity index (χ2v) is 4.04. The molecule has 0 unspecified atom stereocenters. The van der Waals surface area contributed by atoms with Crippen LogP contribution in [0.4, 0.5) is 0 Å². The van der Waals surface area contributed by atoms with Crippen LogP contribution < -0.4 is 5.32 Å². The summed E-state index contributed by atoms with van der Waals surface area (Å²) in [7, 11) is 0. The molecule has 0 spiro atoms. The van der Waals surface area contributed by atoms with Gasteiger partial charge in [0.25, 0.3) is 0 Å². The SMILES string of the molecule is CC(=O)Cc1ccc(CC(=O)NCC(=O)O)cc1. The molecule has 0 bridgehead atoms. The molecule has 18 heavy (non-hydrogen) atoms. The minimum absolute atomic E-state index is 0.0851. The van der Waals surface area contributed by atoms with E-state index < -0.39 is 5.97 Å². The van der Waals surface area contributed by atoms with Gasteiger partial charge in [0.2, 0.25) is 5.91 Å². The van der Waals surface area contributed by atoms with Crippen molar-refractivity contribution >= 4 is 17.7 Å². The van der Waals surface area contributed by atoms with Crippen molar-refractivity contribution in [1.82, 2.24) is 5.32 Å². The Morgan fingerprint density at radius 1 is 1.06 bits per heavy atom. The molecule has 1 rings (SSSR count). The summed E-state index contributed by atoms with van der Waals surface area (Å²) < 4.78 is 0. The first-order valence-corrected chi connectivity index (χ1v) is 5.53. The molecule has 0 aliphatic rings. The van der Waals surface area contributed by atoms with E-state index in [2.05, 4.69) is 5.32 Å². The Morgan fingerprint density at radius 3 is 2.00 bits per heavy atom. The van der Waals surface area contributed by atoms with Gasteiger partial charge in [-0.25, -0.2) is 0 Å². The van der Waals surface area contributed by atoms with E-state index >= 15 is 0 Å². The number of carboxylic acid groups (broad SMARTS) is 1. The van der Waals surface area contributed by atoms with Crippen LogP contribution in [0.25, 0.3) is 0 Å². The first-order valence-electron chi connectivity index (χ1n) is 5.53. The highest BCUT2D eigenvalue weighted by atomic mass is 16.4. The van der Waals surface area contributed by atoms with Gasteiger partial charge in [-0.2, -0.15) is 0 Å². The van der Waals surface area contributed by atoms with Crippen molar-refractivity contribution < 1.29 is 19.5 Å². The number of ketones is 1. The van der Waals surface area contributed by atoms with Gasteiger partial charge in [0.15, 0.2) is 0 Å². The normalized spacial score (nSPS) is 9.83. The largest absolute Gasteiger partial charge is 0.480 e. The lowest BCUT2D eigenvalue weighted by atomic mass is 10.1. The molecule has 0 radical (unpaired) electrons. The number of benzene rings is 1. The summed E-state index contributed by atoms with van der Waals surface area (Å²) in [6.07, 6.45) is 0.513. The first kappa shape index (κ1) is 13.9. The summed E-state index contributed by atoms with van der Waals surface area (Å²) in [5.74, 6) is -1.32. The summed E-state index contributed by atoms with van der Waals surface area (Å²) in [5.41, 5.74) is 1.68. The predicted octanol–water partition coefficient (Wildman–Crippen LogP) is 0.561. The fraction of sp³-hybridized carbons (Fsp3) is 0.308. The fourth-order valence-corrected chi connectivity index (χ4v) is 1.48. The van der Waals surface area contributed by atoms with E-state index in [0.29, 0.717) is 6.42 Å². The molecule has 96 valence electrons. The number of amides is 1. The summed E-state index contributed by atoms with van der Waals surface area (Å²) in [6, 6.07) is 7.11. The first-order chi connectivity index (χ1) is 8.47. The van der Waals surface area contributed by atoms with Gasteiger partial charge in [-0.3, -0.25) is 14.4 Å². The number of nitrogens with one attached hydrogen (secondary N) is 1. The second-order valence-electron chi connectivity index (χ2n) is 4.04. The smallest absolute Gasteiger partial charge is 0.322 e. The summed E-state index contributed by atoms with van der Waals surface area (Å²) >= 11 is 0. The van der Waals surface area contributed by atoms with E-state index in [1.807, 2.05) is 0 Å². The van der Waals surface area contributed by atoms with Crippen LogP contribution >= 0.6 is 0 Å². The maximum Gasteiger partial charge on any atom is 0.322 e. The predicted molar refractivity (Wildman–Crippen MR) is 65.2 cm³/mol. The van der Waals surface area contributed by atoms with Crippen molar-refractivity contribution in [2.45, 2.75) is 19.8 Å². The number of hydrogen-bond acceptors (Lipinski definition) is 3. The van der Waals surface area contributed by atoms with E-state index in [1.54, 1.807) is 24.3 Å². The Hall–Kier alpha value is -2.17. The molecule has 1 amide bonds. The number of carbonyl (C=O) groups excluding carboxylic acids is 2. The molecule has 0 aliphatic heterocycles. The number of carbonyl (C=O) groups is 3. The third-order valence-corrected chi connectivity index (χ3v) is 2.28. The molecule has 5 heteroatoms. The van der Waals surface area contributed by atoms with Crippen molar-refractivity contribution in [3.8, 4) is 0 Å². The number of Topliss-reactive ketones (excluding diaryl/α,β-unsaturated/α-hetero) is 1. The third-order valence-electron chi connectivity index (χ3n) is 2.28. The zero-order valence-electron chi connectivity index (χ0n) is 10.1. The summed E-state index contributed by atoms with van der Waals surface area (Å²) in [6.45, 7) is 1.15. The molecule has 0 aromatic heterocycles. The minimum Gasteiger partial charge on any atom is -0.480 e. The van der Waals surface area contributed by atoms with Gasteiger partial charge >= 0.3 is 5.97 Å². The molecule has 2 N–H and O–H groups in total. The van der Waals surface area contributed by atoms with E-state index in [1.165, 1.54) is 6.92 Å². The molecule has 0 heterocycles. The Labute approximate surface area is 105 Å². The van der Waals surface area contributed by atoms with Gasteiger partial charge in [0.1, 0.15) is 12.3 Å². The van der Waals surface area contributed by atoms with Gasteiger partial charge in [-0.1, -0.05) is 24.3 Å². The molecular weight excluding hydrogens is 234 g/mol. The highest BCUT2D eigenvalue weighted by molar-refractivity contribution is 5.82. The van der Waals surface area contributed by atoms with Crippen molar-refractivity contribution in [2.75, 3.05) is 6.54 Å². The van der Waals surface area contributed by atoms with Gasteiger partial charge in [-0.15, -0.1) is 0 Å². The monoisotopic (exact) mass is 249 g/mol. The van der Waals surface area contributed by atoms with Gasteiger partial charge in [0, 0.05) is 6.42 Å². The van der Waals surface area contributed by atoms with Crippen molar-refractivity contribution in [1.29, 1.82) is 0 Å².